The number of hydrogen-bond donors (Lipinski definition) is 1. The molecule has 0 aliphatic rings. The average molecular weight is 398 g/mol. The molecule has 6 heteroatoms. The maximum absolute atomic E-state index is 11.2. The monoisotopic (exact) mass is 397 g/mol. The molecule has 2 atom stereocenters. The number of fused-ring (bicyclic) bond motifs is 1. The van der Waals surface area contributed by atoms with E-state index in [9.17, 15) is 5.11 Å². The molecule has 1 aromatic heterocycles. The highest BCUT2D eigenvalue weighted by Gasteiger charge is 2.27. The van der Waals surface area contributed by atoms with Gasteiger partial charge in [-0.2, -0.15) is 0 Å². The van der Waals surface area contributed by atoms with E-state index < -0.39 is 12.1 Å². The summed E-state index contributed by atoms with van der Waals surface area (Å²) in [6.07, 6.45) is -0.384. The van der Waals surface area contributed by atoms with Gasteiger partial charge in [0.2, 0.25) is 0 Å². The summed E-state index contributed by atoms with van der Waals surface area (Å²) in [6, 6.07) is 22.2. The summed E-state index contributed by atoms with van der Waals surface area (Å²) in [4.78, 5) is 0. The van der Waals surface area contributed by atoms with Gasteiger partial charge in [-0.15, -0.1) is 5.10 Å². The number of aliphatic hydroxyl groups is 1. The Kier molecular flexibility index (Phi) is 5.12. The van der Waals surface area contributed by atoms with Crippen molar-refractivity contribution in [3.05, 3.63) is 94.0 Å². The second-order valence-corrected chi connectivity index (χ2v) is 7.16. The van der Waals surface area contributed by atoms with Crippen LogP contribution in [-0.2, 0) is 6.42 Å². The third-order valence-corrected chi connectivity index (χ3v) is 5.38. The smallest absolute Gasteiger partial charge is 0.113 e. The van der Waals surface area contributed by atoms with Crippen molar-refractivity contribution >= 4 is 34.2 Å². The second-order valence-electron chi connectivity index (χ2n) is 6.35. The molecule has 0 fully saturated rings. The van der Waals surface area contributed by atoms with Crippen LogP contribution in [0.15, 0.2) is 72.8 Å². The van der Waals surface area contributed by atoms with Gasteiger partial charge in [-0.1, -0.05) is 76.9 Å². The molecule has 3 aromatic carbocycles. The van der Waals surface area contributed by atoms with Crippen LogP contribution in [0.2, 0.25) is 10.0 Å². The number of rotatable bonds is 5. The van der Waals surface area contributed by atoms with Crippen LogP contribution in [0.3, 0.4) is 0 Å². The van der Waals surface area contributed by atoms with Crippen molar-refractivity contribution in [3.63, 3.8) is 0 Å². The zero-order chi connectivity index (χ0) is 18.8. The third kappa shape index (κ3) is 3.56. The predicted molar refractivity (Wildman–Crippen MR) is 108 cm³/mol. The van der Waals surface area contributed by atoms with E-state index in [2.05, 4.69) is 10.3 Å². The molecule has 0 aliphatic heterocycles. The van der Waals surface area contributed by atoms with Gasteiger partial charge < -0.3 is 5.11 Å². The van der Waals surface area contributed by atoms with Gasteiger partial charge in [0.15, 0.2) is 0 Å². The van der Waals surface area contributed by atoms with Crippen LogP contribution in [0.5, 0.6) is 0 Å². The lowest BCUT2D eigenvalue weighted by Gasteiger charge is -2.25. The van der Waals surface area contributed by atoms with Crippen molar-refractivity contribution < 1.29 is 5.11 Å². The Hall–Kier alpha value is -2.40. The fraction of sp³-hybridized carbons (Fsp3) is 0.143. The van der Waals surface area contributed by atoms with E-state index in [-0.39, 0.29) is 0 Å². The molecular formula is C21H17Cl2N3O. The maximum Gasteiger partial charge on any atom is 0.113 e. The minimum atomic E-state index is -0.802. The number of aromatic nitrogens is 3. The van der Waals surface area contributed by atoms with Crippen LogP contribution < -0.4 is 0 Å². The molecule has 0 saturated carbocycles. The molecule has 0 bridgehead atoms. The molecule has 0 radical (unpaired) electrons. The van der Waals surface area contributed by atoms with Crippen LogP contribution >= 0.6 is 23.2 Å². The van der Waals surface area contributed by atoms with Crippen molar-refractivity contribution in [1.29, 1.82) is 0 Å². The SMILES string of the molecule is O[C@@H](c1ccccc1)[C@H](Cc1c(Cl)cccc1Cl)n1nnc2ccccc21. The third-order valence-electron chi connectivity index (χ3n) is 4.67. The Morgan fingerprint density at radius 1 is 0.852 bits per heavy atom. The summed E-state index contributed by atoms with van der Waals surface area (Å²) in [6.45, 7) is 0. The van der Waals surface area contributed by atoms with Gasteiger partial charge in [-0.05, 0) is 35.4 Å². The van der Waals surface area contributed by atoms with Gasteiger partial charge in [0.05, 0.1) is 11.6 Å². The number of para-hydroxylation sites is 1. The molecule has 1 N–H and O–H groups in total. The highest BCUT2D eigenvalue weighted by molar-refractivity contribution is 6.36. The van der Waals surface area contributed by atoms with E-state index in [0.29, 0.717) is 16.5 Å². The van der Waals surface area contributed by atoms with Gasteiger partial charge in [0.1, 0.15) is 11.6 Å². The molecule has 4 aromatic rings. The van der Waals surface area contributed by atoms with E-state index >= 15 is 0 Å². The predicted octanol–water partition coefficient (Wildman–Crippen LogP) is 5.26. The quantitative estimate of drug-likeness (QED) is 0.499. The fourth-order valence-corrected chi connectivity index (χ4v) is 3.82. The van der Waals surface area contributed by atoms with E-state index in [1.807, 2.05) is 60.7 Å². The summed E-state index contributed by atoms with van der Waals surface area (Å²) in [5.74, 6) is 0. The normalized spacial score (nSPS) is 13.6. The van der Waals surface area contributed by atoms with Crippen LogP contribution in [0.4, 0.5) is 0 Å². The van der Waals surface area contributed by atoms with Crippen molar-refractivity contribution in [1.82, 2.24) is 15.0 Å². The topological polar surface area (TPSA) is 50.9 Å². The Morgan fingerprint density at radius 2 is 1.52 bits per heavy atom. The molecule has 4 nitrogen and oxygen atoms in total. The van der Waals surface area contributed by atoms with Crippen LogP contribution in [0, 0.1) is 0 Å². The summed E-state index contributed by atoms with van der Waals surface area (Å²) in [5.41, 5.74) is 3.19. The Labute approximate surface area is 167 Å². The summed E-state index contributed by atoms with van der Waals surface area (Å²) >= 11 is 12.8. The van der Waals surface area contributed by atoms with Gasteiger partial charge >= 0.3 is 0 Å². The summed E-state index contributed by atoms with van der Waals surface area (Å²) < 4.78 is 1.76. The van der Waals surface area contributed by atoms with E-state index in [0.717, 1.165) is 22.2 Å². The minimum Gasteiger partial charge on any atom is -0.386 e. The molecule has 0 saturated heterocycles. The lowest BCUT2D eigenvalue weighted by atomic mass is 9.96. The molecule has 4 rings (SSSR count). The molecule has 0 aliphatic carbocycles. The number of hydrogen-bond acceptors (Lipinski definition) is 3. The lowest BCUT2D eigenvalue weighted by Crippen LogP contribution is -2.22. The van der Waals surface area contributed by atoms with Gasteiger partial charge in [-0.3, -0.25) is 0 Å². The van der Waals surface area contributed by atoms with Crippen molar-refractivity contribution in [2.75, 3.05) is 0 Å². The van der Waals surface area contributed by atoms with Gasteiger partial charge in [0, 0.05) is 16.5 Å². The number of benzene rings is 3. The van der Waals surface area contributed by atoms with Crippen molar-refractivity contribution in [2.24, 2.45) is 0 Å². The van der Waals surface area contributed by atoms with E-state index in [4.69, 9.17) is 23.2 Å². The Bertz CT molecular complexity index is 1050. The first kappa shape index (κ1) is 18.0. The maximum atomic E-state index is 11.2. The first-order chi connectivity index (χ1) is 13.1. The first-order valence-electron chi connectivity index (χ1n) is 8.61. The second kappa shape index (κ2) is 7.69. The minimum absolute atomic E-state index is 0.419. The molecule has 27 heavy (non-hydrogen) atoms. The van der Waals surface area contributed by atoms with E-state index in [1.165, 1.54) is 0 Å². The highest BCUT2D eigenvalue weighted by Crippen LogP contribution is 2.35. The number of nitrogens with zero attached hydrogens (tertiary/aromatic N) is 3. The zero-order valence-corrected chi connectivity index (χ0v) is 15.8. The molecule has 0 amide bonds. The average Bonchev–Trinajstić information content (AvgIpc) is 3.12. The Balaban J connectivity index is 1.82. The van der Waals surface area contributed by atoms with E-state index in [1.54, 1.807) is 16.8 Å². The molecule has 0 unspecified atom stereocenters. The largest absolute Gasteiger partial charge is 0.386 e. The highest BCUT2D eigenvalue weighted by atomic mass is 35.5. The van der Waals surface area contributed by atoms with Crippen molar-refractivity contribution in [2.45, 2.75) is 18.6 Å². The lowest BCUT2D eigenvalue weighted by molar-refractivity contribution is 0.107. The first-order valence-corrected chi connectivity index (χ1v) is 9.36. The molecule has 0 spiro atoms. The summed E-state index contributed by atoms with van der Waals surface area (Å²) in [5, 5.41) is 20.9. The standard InChI is InChI=1S/C21H17Cl2N3O/c22-16-9-6-10-17(23)15(16)13-20(21(27)14-7-2-1-3-8-14)26-19-12-5-4-11-18(19)24-25-26/h1-12,20-21,27H,13H2/t20-,21-/m0/s1. The fourth-order valence-electron chi connectivity index (χ4n) is 3.27. The molecule has 136 valence electrons. The van der Waals surface area contributed by atoms with Gasteiger partial charge in [0.25, 0.3) is 0 Å². The zero-order valence-electron chi connectivity index (χ0n) is 14.3. The number of halogens is 2. The van der Waals surface area contributed by atoms with Crippen LogP contribution in [0.25, 0.3) is 11.0 Å². The number of aliphatic hydroxyl groups excluding tert-OH is 1. The summed E-state index contributed by atoms with van der Waals surface area (Å²) in [7, 11) is 0. The molecular weight excluding hydrogens is 381 g/mol. The Morgan fingerprint density at radius 3 is 2.26 bits per heavy atom. The van der Waals surface area contributed by atoms with Crippen molar-refractivity contribution in [3.8, 4) is 0 Å². The van der Waals surface area contributed by atoms with Crippen LogP contribution in [0.1, 0.15) is 23.3 Å². The van der Waals surface area contributed by atoms with Crippen LogP contribution in [-0.4, -0.2) is 20.1 Å². The van der Waals surface area contributed by atoms with Gasteiger partial charge in [-0.25, -0.2) is 4.68 Å². The molecule has 1 heterocycles.